The summed E-state index contributed by atoms with van der Waals surface area (Å²) in [5.74, 6) is 3.01. The van der Waals surface area contributed by atoms with Gasteiger partial charge in [-0.3, -0.25) is 0 Å². The first kappa shape index (κ1) is 11.6. The minimum absolute atomic E-state index is 0.461. The Hall–Kier alpha value is -1.51. The molecule has 2 aliphatic rings. The summed E-state index contributed by atoms with van der Waals surface area (Å²) in [7, 11) is 1.67. The fourth-order valence-corrected chi connectivity index (χ4v) is 3.41. The van der Waals surface area contributed by atoms with Gasteiger partial charge in [0.15, 0.2) is 0 Å². The van der Waals surface area contributed by atoms with E-state index in [4.69, 9.17) is 4.74 Å². The first-order valence-corrected chi connectivity index (χ1v) is 6.72. The first-order valence-electron chi connectivity index (χ1n) is 6.72. The zero-order chi connectivity index (χ0) is 12.5. The van der Waals surface area contributed by atoms with Gasteiger partial charge >= 0.3 is 0 Å². The molecule has 0 spiro atoms. The maximum absolute atomic E-state index is 5.28. The van der Waals surface area contributed by atoms with E-state index in [1.807, 2.05) is 12.1 Å². The van der Waals surface area contributed by atoms with Crippen molar-refractivity contribution in [2.45, 2.75) is 25.8 Å². The van der Waals surface area contributed by atoms with Gasteiger partial charge in [-0.05, 0) is 49.7 Å². The van der Waals surface area contributed by atoms with Gasteiger partial charge in [0.1, 0.15) is 0 Å². The number of anilines is 1. The third-order valence-corrected chi connectivity index (χ3v) is 4.32. The molecule has 1 saturated carbocycles. The molecule has 0 radical (unpaired) electrons. The standard InChI is InChI=1S/C15H20N2O/c1-10(13-9-11-5-6-12(13)8-11)17-14-4-3-7-16-15(14)18-2/h3-7,10-13,17H,8-9H2,1-2H3. The lowest BCUT2D eigenvalue weighted by Gasteiger charge is -2.27. The van der Waals surface area contributed by atoms with Crippen molar-refractivity contribution in [3.63, 3.8) is 0 Å². The van der Waals surface area contributed by atoms with E-state index in [0.29, 0.717) is 11.9 Å². The minimum Gasteiger partial charge on any atom is -0.480 e. The van der Waals surface area contributed by atoms with Crippen LogP contribution < -0.4 is 10.1 Å². The quantitative estimate of drug-likeness (QED) is 0.826. The van der Waals surface area contributed by atoms with Crippen molar-refractivity contribution in [3.05, 3.63) is 30.5 Å². The van der Waals surface area contributed by atoms with Crippen molar-refractivity contribution in [1.29, 1.82) is 0 Å². The van der Waals surface area contributed by atoms with E-state index in [-0.39, 0.29) is 0 Å². The fraction of sp³-hybridized carbons (Fsp3) is 0.533. The Kier molecular flexibility index (Phi) is 2.98. The number of nitrogens with one attached hydrogen (secondary N) is 1. The van der Waals surface area contributed by atoms with Crippen LogP contribution in [0.2, 0.25) is 0 Å². The van der Waals surface area contributed by atoms with Gasteiger partial charge in [0.05, 0.1) is 12.8 Å². The summed E-state index contributed by atoms with van der Waals surface area (Å²) in [4.78, 5) is 4.23. The molecule has 0 saturated heterocycles. The highest BCUT2D eigenvalue weighted by atomic mass is 16.5. The fourth-order valence-electron chi connectivity index (χ4n) is 3.41. The van der Waals surface area contributed by atoms with Gasteiger partial charge in [0.2, 0.25) is 5.88 Å². The normalized spacial score (nSPS) is 30.4. The molecule has 4 unspecified atom stereocenters. The third-order valence-electron chi connectivity index (χ3n) is 4.32. The average molecular weight is 244 g/mol. The summed E-state index contributed by atoms with van der Waals surface area (Å²) in [6.45, 7) is 2.27. The molecule has 1 fully saturated rings. The van der Waals surface area contributed by atoms with E-state index >= 15 is 0 Å². The molecular formula is C15H20N2O. The van der Waals surface area contributed by atoms with E-state index in [1.165, 1.54) is 12.8 Å². The van der Waals surface area contributed by atoms with Gasteiger partial charge < -0.3 is 10.1 Å². The summed E-state index contributed by atoms with van der Waals surface area (Å²) >= 11 is 0. The van der Waals surface area contributed by atoms with Crippen LogP contribution in [0.1, 0.15) is 19.8 Å². The topological polar surface area (TPSA) is 34.1 Å². The second kappa shape index (κ2) is 4.63. The van der Waals surface area contributed by atoms with Crippen molar-refractivity contribution < 1.29 is 4.74 Å². The molecule has 0 amide bonds. The Morgan fingerprint density at radius 2 is 2.28 bits per heavy atom. The minimum atomic E-state index is 0.461. The van der Waals surface area contributed by atoms with Gasteiger partial charge in [-0.15, -0.1) is 0 Å². The van der Waals surface area contributed by atoms with Gasteiger partial charge in [0, 0.05) is 12.2 Å². The Morgan fingerprint density at radius 1 is 1.39 bits per heavy atom. The van der Waals surface area contributed by atoms with Crippen molar-refractivity contribution in [2.24, 2.45) is 17.8 Å². The first-order chi connectivity index (χ1) is 8.78. The molecule has 0 aromatic carbocycles. The Balaban J connectivity index is 1.71. The van der Waals surface area contributed by atoms with Gasteiger partial charge in [-0.2, -0.15) is 0 Å². The summed E-state index contributed by atoms with van der Waals surface area (Å²) < 4.78 is 5.28. The monoisotopic (exact) mass is 244 g/mol. The number of methoxy groups -OCH3 is 1. The summed E-state index contributed by atoms with van der Waals surface area (Å²) in [6, 6.07) is 4.44. The highest BCUT2D eigenvalue weighted by molar-refractivity contribution is 5.52. The number of fused-ring (bicyclic) bond motifs is 2. The van der Waals surface area contributed by atoms with Crippen molar-refractivity contribution in [1.82, 2.24) is 4.98 Å². The van der Waals surface area contributed by atoms with E-state index in [1.54, 1.807) is 13.3 Å². The van der Waals surface area contributed by atoms with Gasteiger partial charge in [-0.25, -0.2) is 4.98 Å². The smallest absolute Gasteiger partial charge is 0.237 e. The van der Waals surface area contributed by atoms with E-state index in [9.17, 15) is 0 Å². The predicted octanol–water partition coefficient (Wildman–Crippen LogP) is 3.10. The molecular weight excluding hydrogens is 224 g/mol. The average Bonchev–Trinajstić information content (AvgIpc) is 3.01. The molecule has 18 heavy (non-hydrogen) atoms. The number of ether oxygens (including phenoxy) is 1. The largest absolute Gasteiger partial charge is 0.480 e. The van der Waals surface area contributed by atoms with E-state index in [2.05, 4.69) is 29.4 Å². The van der Waals surface area contributed by atoms with Crippen LogP contribution in [0.5, 0.6) is 5.88 Å². The highest BCUT2D eigenvalue weighted by Gasteiger charge is 2.38. The van der Waals surface area contributed by atoms with Gasteiger partial charge in [-0.1, -0.05) is 12.2 Å². The van der Waals surface area contributed by atoms with Crippen LogP contribution in [0, 0.1) is 17.8 Å². The van der Waals surface area contributed by atoms with Crippen LogP contribution in [0.4, 0.5) is 5.69 Å². The molecule has 96 valence electrons. The summed E-state index contributed by atoms with van der Waals surface area (Å²) in [5.41, 5.74) is 0.999. The van der Waals surface area contributed by atoms with Crippen LogP contribution >= 0.6 is 0 Å². The Labute approximate surface area is 108 Å². The second-order valence-corrected chi connectivity index (χ2v) is 5.44. The van der Waals surface area contributed by atoms with E-state index in [0.717, 1.165) is 23.4 Å². The predicted molar refractivity (Wildman–Crippen MR) is 72.7 cm³/mol. The highest BCUT2D eigenvalue weighted by Crippen LogP contribution is 2.45. The van der Waals surface area contributed by atoms with Crippen molar-refractivity contribution in [2.75, 3.05) is 12.4 Å². The zero-order valence-electron chi connectivity index (χ0n) is 11.0. The van der Waals surface area contributed by atoms with Crippen LogP contribution in [0.3, 0.4) is 0 Å². The van der Waals surface area contributed by atoms with Crippen molar-refractivity contribution >= 4 is 5.69 Å². The number of nitrogens with zero attached hydrogens (tertiary/aromatic N) is 1. The second-order valence-electron chi connectivity index (χ2n) is 5.44. The number of hydrogen-bond donors (Lipinski definition) is 1. The number of aromatic nitrogens is 1. The number of allylic oxidation sites excluding steroid dienone is 2. The molecule has 4 atom stereocenters. The third kappa shape index (κ3) is 1.98. The van der Waals surface area contributed by atoms with Crippen LogP contribution in [0.15, 0.2) is 30.5 Å². The number of pyridine rings is 1. The molecule has 1 N–H and O–H groups in total. The molecule has 2 aliphatic carbocycles. The molecule has 1 heterocycles. The molecule has 2 bridgehead atoms. The lowest BCUT2D eigenvalue weighted by molar-refractivity contribution is 0.387. The lowest BCUT2D eigenvalue weighted by atomic mass is 9.87. The number of rotatable bonds is 4. The maximum Gasteiger partial charge on any atom is 0.237 e. The summed E-state index contributed by atoms with van der Waals surface area (Å²) in [5, 5.41) is 3.57. The van der Waals surface area contributed by atoms with Crippen LogP contribution in [-0.4, -0.2) is 18.1 Å². The molecule has 1 aromatic heterocycles. The van der Waals surface area contributed by atoms with Crippen LogP contribution in [0.25, 0.3) is 0 Å². The SMILES string of the molecule is COc1ncccc1NC(C)C1CC2C=CC1C2. The maximum atomic E-state index is 5.28. The Morgan fingerprint density at radius 3 is 2.94 bits per heavy atom. The zero-order valence-corrected chi connectivity index (χ0v) is 11.0. The van der Waals surface area contributed by atoms with Crippen LogP contribution in [-0.2, 0) is 0 Å². The van der Waals surface area contributed by atoms with E-state index < -0.39 is 0 Å². The molecule has 3 rings (SSSR count). The van der Waals surface area contributed by atoms with Gasteiger partial charge in [0.25, 0.3) is 0 Å². The van der Waals surface area contributed by atoms with Crippen molar-refractivity contribution in [3.8, 4) is 5.88 Å². The lowest BCUT2D eigenvalue weighted by Crippen LogP contribution is -2.29. The molecule has 0 aliphatic heterocycles. The summed E-state index contributed by atoms with van der Waals surface area (Å²) in [6.07, 6.45) is 9.21. The molecule has 3 nitrogen and oxygen atoms in total. The Bertz CT molecular complexity index is 458. The molecule has 1 aromatic rings. The molecule has 3 heteroatoms. The number of hydrogen-bond acceptors (Lipinski definition) is 3.